The Kier molecular flexibility index (Phi) is 6.59. The van der Waals surface area contributed by atoms with Gasteiger partial charge in [0.1, 0.15) is 0 Å². The van der Waals surface area contributed by atoms with E-state index in [2.05, 4.69) is 173 Å². The molecule has 0 fully saturated rings. The molecule has 0 aliphatic heterocycles. The summed E-state index contributed by atoms with van der Waals surface area (Å²) in [7, 11) is 0. The molecule has 6 aromatic carbocycles. The third-order valence-electron chi connectivity index (χ3n) is 9.96. The standard InChI is InChI=1S/C46H32N4/c1-4-14-31(15-5-1)38-30-39(48-46(47-38)33-16-6-2-7-17-33)32-24-26-35(27-25-32)50-41-23-13-11-21-37(41)45-43(50)29-28-42-44(45)36-20-10-12-22-40(36)49(42)34-18-8-3-9-19-34/h1,3-6,8-30H,2,7H2. The molecule has 236 valence electrons. The summed E-state index contributed by atoms with van der Waals surface area (Å²) in [5, 5.41) is 5.05. The molecule has 0 bridgehead atoms. The molecule has 1 aliphatic carbocycles. The van der Waals surface area contributed by atoms with Gasteiger partial charge >= 0.3 is 0 Å². The molecule has 0 N–H and O–H groups in total. The molecule has 0 saturated heterocycles. The zero-order valence-electron chi connectivity index (χ0n) is 27.4. The number of fused-ring (bicyclic) bond motifs is 7. The summed E-state index contributed by atoms with van der Waals surface area (Å²) in [4.78, 5) is 10.1. The molecular formula is C46H32N4. The van der Waals surface area contributed by atoms with E-state index in [4.69, 9.17) is 9.97 Å². The molecule has 50 heavy (non-hydrogen) atoms. The van der Waals surface area contributed by atoms with E-state index in [9.17, 15) is 0 Å². The van der Waals surface area contributed by atoms with Crippen LogP contribution in [0, 0.1) is 0 Å². The fraction of sp³-hybridized carbons (Fsp3) is 0.0435. The Morgan fingerprint density at radius 3 is 1.54 bits per heavy atom. The zero-order chi connectivity index (χ0) is 33.0. The lowest BCUT2D eigenvalue weighted by molar-refractivity contribution is 1.03. The number of hydrogen-bond acceptors (Lipinski definition) is 2. The molecule has 0 saturated carbocycles. The van der Waals surface area contributed by atoms with Gasteiger partial charge in [0, 0.05) is 49.6 Å². The third kappa shape index (κ3) is 4.53. The Bertz CT molecular complexity index is 2780. The van der Waals surface area contributed by atoms with Crippen molar-refractivity contribution in [3.63, 3.8) is 0 Å². The van der Waals surface area contributed by atoms with Gasteiger partial charge in [-0.1, -0.05) is 115 Å². The zero-order valence-corrected chi connectivity index (χ0v) is 27.4. The van der Waals surface area contributed by atoms with E-state index in [0.29, 0.717) is 0 Å². The van der Waals surface area contributed by atoms with Gasteiger partial charge in [0.25, 0.3) is 0 Å². The molecule has 0 radical (unpaired) electrons. The molecular weight excluding hydrogens is 609 g/mol. The van der Waals surface area contributed by atoms with Gasteiger partial charge in [0.2, 0.25) is 0 Å². The summed E-state index contributed by atoms with van der Waals surface area (Å²) in [6, 6.07) is 54.1. The second-order valence-corrected chi connectivity index (χ2v) is 12.9. The number of allylic oxidation sites excluding steroid dienone is 4. The van der Waals surface area contributed by atoms with Crippen molar-refractivity contribution in [3.8, 4) is 33.9 Å². The summed E-state index contributed by atoms with van der Waals surface area (Å²) in [6.45, 7) is 0. The second kappa shape index (κ2) is 11.6. The number of benzene rings is 6. The van der Waals surface area contributed by atoms with Gasteiger partial charge in [0.05, 0.1) is 33.5 Å². The maximum Gasteiger partial charge on any atom is 0.160 e. The first-order chi connectivity index (χ1) is 24.8. The Morgan fingerprint density at radius 2 is 0.960 bits per heavy atom. The number of para-hydroxylation sites is 3. The summed E-state index contributed by atoms with van der Waals surface area (Å²) < 4.78 is 4.80. The highest BCUT2D eigenvalue weighted by Gasteiger charge is 2.20. The molecule has 3 heterocycles. The first-order valence-electron chi connectivity index (χ1n) is 17.2. The van der Waals surface area contributed by atoms with E-state index in [-0.39, 0.29) is 0 Å². The van der Waals surface area contributed by atoms with Crippen molar-refractivity contribution in [1.82, 2.24) is 19.1 Å². The number of rotatable bonds is 5. The average Bonchev–Trinajstić information content (AvgIpc) is 3.72. The molecule has 0 amide bonds. The SMILES string of the molecule is C1=CC(c2nc(-c3ccccc3)cc(-c3ccc(-n4c5ccccc5c5c6c7ccccc7n(-c7ccccc7)c6ccc54)cc3)n2)=CCC1. The topological polar surface area (TPSA) is 35.6 Å². The maximum absolute atomic E-state index is 5.10. The van der Waals surface area contributed by atoms with E-state index in [1.54, 1.807) is 0 Å². The van der Waals surface area contributed by atoms with Gasteiger partial charge in [-0.15, -0.1) is 0 Å². The predicted octanol–water partition coefficient (Wildman–Crippen LogP) is 11.7. The lowest BCUT2D eigenvalue weighted by Gasteiger charge is -2.12. The van der Waals surface area contributed by atoms with Crippen molar-refractivity contribution in [2.24, 2.45) is 0 Å². The minimum atomic E-state index is 0.766. The van der Waals surface area contributed by atoms with Crippen LogP contribution in [-0.2, 0) is 0 Å². The van der Waals surface area contributed by atoms with E-state index < -0.39 is 0 Å². The van der Waals surface area contributed by atoms with Crippen molar-refractivity contribution in [2.45, 2.75) is 12.8 Å². The summed E-state index contributed by atoms with van der Waals surface area (Å²) in [6.07, 6.45) is 8.66. The van der Waals surface area contributed by atoms with Crippen LogP contribution in [0.5, 0.6) is 0 Å². The van der Waals surface area contributed by atoms with Gasteiger partial charge in [0.15, 0.2) is 5.82 Å². The second-order valence-electron chi connectivity index (χ2n) is 12.9. The quantitative estimate of drug-likeness (QED) is 0.188. The highest BCUT2D eigenvalue weighted by atomic mass is 15.0. The van der Waals surface area contributed by atoms with Crippen LogP contribution in [0.15, 0.2) is 170 Å². The molecule has 1 aliphatic rings. The van der Waals surface area contributed by atoms with E-state index in [1.807, 2.05) is 6.07 Å². The molecule has 0 spiro atoms. The monoisotopic (exact) mass is 640 g/mol. The molecule has 4 nitrogen and oxygen atoms in total. The van der Waals surface area contributed by atoms with Gasteiger partial charge in [-0.2, -0.15) is 0 Å². The normalized spacial score (nSPS) is 13.1. The van der Waals surface area contributed by atoms with E-state index >= 15 is 0 Å². The van der Waals surface area contributed by atoms with Crippen LogP contribution in [0.1, 0.15) is 18.7 Å². The van der Waals surface area contributed by atoms with Crippen LogP contribution in [0.4, 0.5) is 0 Å². The summed E-state index contributed by atoms with van der Waals surface area (Å²) in [5.74, 6) is 0.766. The van der Waals surface area contributed by atoms with Crippen molar-refractivity contribution >= 4 is 49.2 Å². The Hall–Kier alpha value is -6.52. The number of nitrogens with zero attached hydrogens (tertiary/aromatic N) is 4. The molecule has 4 heteroatoms. The summed E-state index contributed by atoms with van der Waals surface area (Å²) >= 11 is 0. The minimum absolute atomic E-state index is 0.766. The Balaban J connectivity index is 1.16. The molecule has 3 aromatic heterocycles. The van der Waals surface area contributed by atoms with Crippen molar-refractivity contribution < 1.29 is 0 Å². The van der Waals surface area contributed by atoms with Crippen LogP contribution < -0.4 is 0 Å². The van der Waals surface area contributed by atoms with Crippen LogP contribution in [0.3, 0.4) is 0 Å². The fourth-order valence-electron chi connectivity index (χ4n) is 7.69. The minimum Gasteiger partial charge on any atom is -0.309 e. The van der Waals surface area contributed by atoms with Gasteiger partial charge in [-0.3, -0.25) is 0 Å². The smallest absolute Gasteiger partial charge is 0.160 e. The summed E-state index contributed by atoms with van der Waals surface area (Å²) in [5.41, 5.74) is 12.1. The highest BCUT2D eigenvalue weighted by Crippen LogP contribution is 2.42. The highest BCUT2D eigenvalue weighted by molar-refractivity contribution is 6.28. The van der Waals surface area contributed by atoms with Gasteiger partial charge in [-0.05, 0) is 67.4 Å². The van der Waals surface area contributed by atoms with Crippen LogP contribution in [0.2, 0.25) is 0 Å². The van der Waals surface area contributed by atoms with Crippen LogP contribution in [0.25, 0.3) is 83.1 Å². The van der Waals surface area contributed by atoms with Crippen molar-refractivity contribution in [1.29, 1.82) is 0 Å². The van der Waals surface area contributed by atoms with E-state index in [0.717, 1.165) is 58.1 Å². The van der Waals surface area contributed by atoms with Crippen LogP contribution in [-0.4, -0.2) is 19.1 Å². The lowest BCUT2D eigenvalue weighted by atomic mass is 10.0. The Morgan fingerprint density at radius 1 is 0.440 bits per heavy atom. The van der Waals surface area contributed by atoms with Crippen LogP contribution >= 0.6 is 0 Å². The average molecular weight is 641 g/mol. The van der Waals surface area contributed by atoms with Crippen molar-refractivity contribution in [2.75, 3.05) is 0 Å². The molecule has 10 rings (SSSR count). The van der Waals surface area contributed by atoms with Gasteiger partial charge < -0.3 is 9.13 Å². The largest absolute Gasteiger partial charge is 0.309 e. The van der Waals surface area contributed by atoms with E-state index in [1.165, 1.54) is 43.6 Å². The Labute approximate surface area is 289 Å². The maximum atomic E-state index is 5.10. The lowest BCUT2D eigenvalue weighted by Crippen LogP contribution is -2.00. The predicted molar refractivity (Wildman–Crippen MR) is 208 cm³/mol. The fourth-order valence-corrected chi connectivity index (χ4v) is 7.69. The first-order valence-corrected chi connectivity index (χ1v) is 17.2. The molecule has 9 aromatic rings. The van der Waals surface area contributed by atoms with Crippen molar-refractivity contribution in [3.05, 3.63) is 176 Å². The first kappa shape index (κ1) is 28.5. The third-order valence-corrected chi connectivity index (χ3v) is 9.96. The van der Waals surface area contributed by atoms with Gasteiger partial charge in [-0.25, -0.2) is 9.97 Å². The molecule has 0 atom stereocenters. The molecule has 0 unspecified atom stereocenters. The number of hydrogen-bond donors (Lipinski definition) is 0. The number of aromatic nitrogens is 4.